The van der Waals surface area contributed by atoms with Crippen LogP contribution in [0.25, 0.3) is 5.69 Å². The number of hydrogen-bond donors (Lipinski definition) is 1. The van der Waals surface area contributed by atoms with Gasteiger partial charge in [-0.25, -0.2) is 4.79 Å². The number of ketones is 1. The minimum absolute atomic E-state index is 0.0644. The molecule has 33 heavy (non-hydrogen) atoms. The molecule has 0 atom stereocenters. The van der Waals surface area contributed by atoms with Crippen molar-refractivity contribution >= 4 is 23.1 Å². The van der Waals surface area contributed by atoms with Crippen LogP contribution in [-0.2, 0) is 4.74 Å². The number of carbonyl (C=O) groups is 2. The van der Waals surface area contributed by atoms with E-state index < -0.39 is 29.0 Å². The predicted molar refractivity (Wildman–Crippen MR) is 118 cm³/mol. The van der Waals surface area contributed by atoms with Crippen molar-refractivity contribution in [2.75, 3.05) is 25.6 Å². The van der Waals surface area contributed by atoms with Crippen molar-refractivity contribution in [1.82, 2.24) is 4.57 Å². The number of esters is 1. The Hall–Kier alpha value is -4.34. The Morgan fingerprint density at radius 2 is 1.82 bits per heavy atom. The Labute approximate surface area is 188 Å². The van der Waals surface area contributed by atoms with Crippen LogP contribution >= 0.6 is 0 Å². The SMILES string of the molecule is Cc1cc(C(=O)COC(=O)c2ccc(N)c([N+](=O)[O-])c2)c(C)n1-c1ccc2c(c1)OCCO2. The molecule has 0 saturated heterocycles. The lowest BCUT2D eigenvalue weighted by Crippen LogP contribution is -2.16. The summed E-state index contributed by atoms with van der Waals surface area (Å²) in [5.41, 5.74) is 7.70. The number of aryl methyl sites for hydroxylation is 1. The molecule has 0 aliphatic carbocycles. The Morgan fingerprint density at radius 3 is 2.55 bits per heavy atom. The van der Waals surface area contributed by atoms with E-state index in [1.165, 1.54) is 12.1 Å². The second kappa shape index (κ2) is 8.65. The Balaban J connectivity index is 1.51. The van der Waals surface area contributed by atoms with Gasteiger partial charge in [-0.05, 0) is 44.2 Å². The highest BCUT2D eigenvalue weighted by Crippen LogP contribution is 2.33. The van der Waals surface area contributed by atoms with Crippen LogP contribution in [0.5, 0.6) is 11.5 Å². The van der Waals surface area contributed by atoms with Crippen LogP contribution in [0.15, 0.2) is 42.5 Å². The first-order chi connectivity index (χ1) is 15.8. The summed E-state index contributed by atoms with van der Waals surface area (Å²) in [5, 5.41) is 11.0. The molecule has 2 N–H and O–H groups in total. The lowest BCUT2D eigenvalue weighted by Gasteiger charge is -2.20. The highest BCUT2D eigenvalue weighted by atomic mass is 16.6. The molecule has 1 aromatic heterocycles. The summed E-state index contributed by atoms with van der Waals surface area (Å²) in [6.45, 7) is 4.10. The fourth-order valence-corrected chi connectivity index (χ4v) is 3.73. The number of fused-ring (bicyclic) bond motifs is 1. The quantitative estimate of drug-likeness (QED) is 0.198. The summed E-state index contributed by atoms with van der Waals surface area (Å²) >= 11 is 0. The van der Waals surface area contributed by atoms with Gasteiger partial charge in [0.15, 0.2) is 18.1 Å². The third kappa shape index (κ3) is 4.22. The summed E-state index contributed by atoms with van der Waals surface area (Å²) in [5.74, 6) is 0.0431. The molecule has 2 aromatic carbocycles. The largest absolute Gasteiger partial charge is 0.486 e. The number of nitro groups is 1. The lowest BCUT2D eigenvalue weighted by molar-refractivity contribution is -0.383. The summed E-state index contributed by atoms with van der Waals surface area (Å²) < 4.78 is 18.2. The lowest BCUT2D eigenvalue weighted by atomic mass is 10.1. The van der Waals surface area contributed by atoms with Gasteiger partial charge in [-0.15, -0.1) is 0 Å². The second-order valence-electron chi connectivity index (χ2n) is 7.48. The van der Waals surface area contributed by atoms with Crippen molar-refractivity contribution in [3.05, 3.63) is 75.1 Å². The molecule has 1 aliphatic rings. The molecule has 0 amide bonds. The summed E-state index contributed by atoms with van der Waals surface area (Å²) in [4.78, 5) is 35.4. The van der Waals surface area contributed by atoms with E-state index in [4.69, 9.17) is 19.9 Å². The summed E-state index contributed by atoms with van der Waals surface area (Å²) in [6, 6.07) is 10.8. The van der Waals surface area contributed by atoms with Crippen LogP contribution in [-0.4, -0.2) is 41.1 Å². The molecule has 0 unspecified atom stereocenters. The minimum Gasteiger partial charge on any atom is -0.486 e. The van der Waals surface area contributed by atoms with Crippen LogP contribution in [0.1, 0.15) is 32.1 Å². The van der Waals surface area contributed by atoms with E-state index in [-0.39, 0.29) is 11.3 Å². The average molecular weight is 451 g/mol. The molecule has 170 valence electrons. The van der Waals surface area contributed by atoms with Gasteiger partial charge in [0.2, 0.25) is 5.78 Å². The van der Waals surface area contributed by atoms with Gasteiger partial charge in [0.25, 0.3) is 5.69 Å². The first kappa shape index (κ1) is 21.9. The van der Waals surface area contributed by atoms with Crippen molar-refractivity contribution < 1.29 is 28.7 Å². The molecule has 10 heteroatoms. The predicted octanol–water partition coefficient (Wildman–Crippen LogP) is 3.40. The number of aromatic nitrogens is 1. The average Bonchev–Trinajstić information content (AvgIpc) is 3.10. The minimum atomic E-state index is -0.855. The number of nitrogens with two attached hydrogens (primary N) is 1. The summed E-state index contributed by atoms with van der Waals surface area (Å²) in [6.07, 6.45) is 0. The van der Waals surface area contributed by atoms with E-state index in [1.54, 1.807) is 13.0 Å². The molecule has 0 radical (unpaired) electrons. The van der Waals surface area contributed by atoms with Crippen molar-refractivity contribution in [2.45, 2.75) is 13.8 Å². The van der Waals surface area contributed by atoms with Gasteiger partial charge in [0.05, 0.1) is 10.5 Å². The van der Waals surface area contributed by atoms with E-state index in [2.05, 4.69) is 0 Å². The van der Waals surface area contributed by atoms with E-state index in [0.717, 1.165) is 17.4 Å². The van der Waals surface area contributed by atoms with E-state index >= 15 is 0 Å². The van der Waals surface area contributed by atoms with E-state index in [0.29, 0.717) is 36.0 Å². The van der Waals surface area contributed by atoms with Gasteiger partial charge in [-0.3, -0.25) is 14.9 Å². The van der Waals surface area contributed by atoms with Crippen molar-refractivity contribution in [1.29, 1.82) is 0 Å². The second-order valence-corrected chi connectivity index (χ2v) is 7.48. The van der Waals surface area contributed by atoms with Crippen LogP contribution in [0, 0.1) is 24.0 Å². The smallest absolute Gasteiger partial charge is 0.338 e. The number of anilines is 1. The third-order valence-corrected chi connectivity index (χ3v) is 5.31. The van der Waals surface area contributed by atoms with E-state index in [9.17, 15) is 19.7 Å². The zero-order chi connectivity index (χ0) is 23.7. The van der Waals surface area contributed by atoms with Crippen LogP contribution < -0.4 is 15.2 Å². The Bertz CT molecular complexity index is 1280. The molecular formula is C23H21N3O7. The highest BCUT2D eigenvalue weighted by Gasteiger charge is 2.21. The van der Waals surface area contributed by atoms with Gasteiger partial charge in [-0.2, -0.15) is 0 Å². The zero-order valence-corrected chi connectivity index (χ0v) is 18.0. The molecule has 0 spiro atoms. The molecule has 0 fully saturated rings. The van der Waals surface area contributed by atoms with Crippen LogP contribution in [0.4, 0.5) is 11.4 Å². The van der Waals surface area contributed by atoms with E-state index in [1.807, 2.05) is 29.7 Å². The zero-order valence-electron chi connectivity index (χ0n) is 18.0. The molecule has 0 bridgehead atoms. The Kier molecular flexibility index (Phi) is 5.74. The molecule has 4 rings (SSSR count). The number of ether oxygens (including phenoxy) is 3. The standard InChI is InChI=1S/C23H21N3O7/c1-13-9-17(14(2)25(13)16-4-6-21-22(11-16)32-8-7-31-21)20(27)12-33-23(28)15-3-5-18(24)19(10-15)26(29)30/h3-6,9-11H,7-8,12,24H2,1-2H3. The molecule has 0 saturated carbocycles. The monoisotopic (exact) mass is 451 g/mol. The van der Waals surface area contributed by atoms with Crippen molar-refractivity contribution in [3.63, 3.8) is 0 Å². The maximum absolute atomic E-state index is 12.8. The summed E-state index contributed by atoms with van der Waals surface area (Å²) in [7, 11) is 0. The number of benzene rings is 2. The normalized spacial score (nSPS) is 12.3. The topological polar surface area (TPSA) is 136 Å². The number of nitrogens with zero attached hydrogens (tertiary/aromatic N) is 2. The van der Waals surface area contributed by atoms with Gasteiger partial charge < -0.3 is 24.5 Å². The molecule has 2 heterocycles. The number of Topliss-reactive ketones (excluding diaryl/α,β-unsaturated/α-hetero) is 1. The fourth-order valence-electron chi connectivity index (χ4n) is 3.73. The van der Waals surface area contributed by atoms with Gasteiger partial charge >= 0.3 is 5.97 Å². The van der Waals surface area contributed by atoms with Crippen LogP contribution in [0.3, 0.4) is 0 Å². The molecule has 1 aliphatic heterocycles. The van der Waals surface area contributed by atoms with Gasteiger partial charge in [-0.1, -0.05) is 0 Å². The first-order valence-electron chi connectivity index (χ1n) is 10.1. The first-order valence-corrected chi connectivity index (χ1v) is 10.1. The number of nitro benzene ring substituents is 1. The maximum Gasteiger partial charge on any atom is 0.338 e. The maximum atomic E-state index is 12.8. The third-order valence-electron chi connectivity index (χ3n) is 5.31. The highest BCUT2D eigenvalue weighted by molar-refractivity contribution is 6.00. The molecule has 3 aromatic rings. The van der Waals surface area contributed by atoms with Crippen molar-refractivity contribution in [2.24, 2.45) is 0 Å². The number of hydrogen-bond acceptors (Lipinski definition) is 8. The van der Waals surface area contributed by atoms with Gasteiger partial charge in [0, 0.05) is 34.8 Å². The molecular weight excluding hydrogens is 430 g/mol. The number of rotatable bonds is 6. The number of nitrogen functional groups attached to an aromatic ring is 1. The fraction of sp³-hybridized carbons (Fsp3) is 0.217. The number of carbonyl (C=O) groups excluding carboxylic acids is 2. The van der Waals surface area contributed by atoms with Crippen LogP contribution in [0.2, 0.25) is 0 Å². The molecule has 10 nitrogen and oxygen atoms in total. The van der Waals surface area contributed by atoms with Crippen molar-refractivity contribution in [3.8, 4) is 17.2 Å². The van der Waals surface area contributed by atoms with Gasteiger partial charge in [0.1, 0.15) is 18.9 Å². The Morgan fingerprint density at radius 1 is 1.09 bits per heavy atom.